The van der Waals surface area contributed by atoms with E-state index in [1.165, 1.54) is 0 Å². The van der Waals surface area contributed by atoms with Gasteiger partial charge in [0.1, 0.15) is 12.2 Å². The highest BCUT2D eigenvalue weighted by molar-refractivity contribution is 5.92. The number of nitriles is 1. The van der Waals surface area contributed by atoms with Gasteiger partial charge in [-0.15, -0.1) is 0 Å². The number of ether oxygens (including phenoxy) is 1. The third-order valence-electron chi connectivity index (χ3n) is 3.12. The Labute approximate surface area is 140 Å². The summed E-state index contributed by atoms with van der Waals surface area (Å²) in [6.07, 6.45) is -0.217. The van der Waals surface area contributed by atoms with Gasteiger partial charge >= 0.3 is 0 Å². The lowest BCUT2D eigenvalue weighted by atomic mass is 10.1. The van der Waals surface area contributed by atoms with Crippen LogP contribution in [0.4, 0.5) is 5.69 Å². The lowest BCUT2D eigenvalue weighted by Gasteiger charge is -2.11. The second-order valence-corrected chi connectivity index (χ2v) is 4.92. The van der Waals surface area contributed by atoms with Crippen LogP contribution in [-0.4, -0.2) is 18.4 Å². The van der Waals surface area contributed by atoms with Gasteiger partial charge in [0.05, 0.1) is 6.07 Å². The Hall–Kier alpha value is -3.33. The van der Waals surface area contributed by atoms with Crippen LogP contribution in [0.15, 0.2) is 54.6 Å². The summed E-state index contributed by atoms with van der Waals surface area (Å²) in [4.78, 5) is 23.4. The van der Waals surface area contributed by atoms with Crippen molar-refractivity contribution >= 4 is 17.5 Å². The van der Waals surface area contributed by atoms with Crippen LogP contribution < -0.4 is 15.4 Å². The summed E-state index contributed by atoms with van der Waals surface area (Å²) in [6, 6.07) is 17.9. The van der Waals surface area contributed by atoms with Gasteiger partial charge in [-0.3, -0.25) is 9.59 Å². The third-order valence-corrected chi connectivity index (χ3v) is 3.12. The number of carbonyl (C=O) groups is 2. The molecule has 0 bridgehead atoms. The van der Waals surface area contributed by atoms with Crippen LogP contribution in [0.5, 0.6) is 5.75 Å². The van der Waals surface area contributed by atoms with Crippen LogP contribution in [0.3, 0.4) is 0 Å². The summed E-state index contributed by atoms with van der Waals surface area (Å²) in [5.41, 5.74) is 1.32. The first-order valence-electron chi connectivity index (χ1n) is 7.38. The van der Waals surface area contributed by atoms with Crippen LogP contribution in [-0.2, 0) is 16.1 Å². The normalized spacial score (nSPS) is 9.62. The zero-order valence-electron chi connectivity index (χ0n) is 13.0. The fourth-order valence-electron chi connectivity index (χ4n) is 1.97. The average molecular weight is 323 g/mol. The molecule has 6 heteroatoms. The van der Waals surface area contributed by atoms with E-state index in [1.807, 2.05) is 24.3 Å². The Morgan fingerprint density at radius 3 is 2.46 bits per heavy atom. The Morgan fingerprint density at radius 1 is 1.00 bits per heavy atom. The van der Waals surface area contributed by atoms with Gasteiger partial charge in [0.2, 0.25) is 5.91 Å². The average Bonchev–Trinajstić information content (AvgIpc) is 2.60. The minimum absolute atomic E-state index is 0.0903. The van der Waals surface area contributed by atoms with Crippen LogP contribution >= 0.6 is 0 Å². The van der Waals surface area contributed by atoms with Crippen molar-refractivity contribution in [1.29, 1.82) is 5.26 Å². The molecule has 0 unspecified atom stereocenters. The van der Waals surface area contributed by atoms with Gasteiger partial charge in [-0.2, -0.15) is 5.26 Å². The van der Waals surface area contributed by atoms with E-state index in [0.717, 1.165) is 5.56 Å². The lowest BCUT2D eigenvalue weighted by Crippen LogP contribution is -2.28. The summed E-state index contributed by atoms with van der Waals surface area (Å²) in [5.74, 6) is -0.0301. The lowest BCUT2D eigenvalue weighted by molar-refractivity contribution is -0.123. The molecule has 0 aliphatic carbocycles. The van der Waals surface area contributed by atoms with Crippen molar-refractivity contribution in [1.82, 2.24) is 5.32 Å². The van der Waals surface area contributed by atoms with E-state index in [0.29, 0.717) is 11.4 Å². The first-order valence-corrected chi connectivity index (χ1v) is 7.38. The maximum Gasteiger partial charge on any atom is 0.258 e. The number of para-hydroxylation sites is 2. The molecule has 24 heavy (non-hydrogen) atoms. The number of carbonyl (C=O) groups excluding carboxylic acids is 2. The number of hydrogen-bond acceptors (Lipinski definition) is 4. The van der Waals surface area contributed by atoms with E-state index >= 15 is 0 Å². The Morgan fingerprint density at radius 2 is 1.71 bits per heavy atom. The molecule has 0 saturated carbocycles. The maximum absolute atomic E-state index is 11.9. The highest BCUT2D eigenvalue weighted by Crippen LogP contribution is 2.15. The Bertz CT molecular complexity index is 739. The van der Waals surface area contributed by atoms with Gasteiger partial charge in [0.25, 0.3) is 5.91 Å². The predicted molar refractivity (Wildman–Crippen MR) is 89.1 cm³/mol. The maximum atomic E-state index is 11.9. The molecule has 0 radical (unpaired) electrons. The standard InChI is InChI=1S/C18H17N3O3/c19-11-10-17(22)21-16-9-5-4-6-14(16)12-20-18(23)13-24-15-7-2-1-3-8-15/h1-9H,10,12-13H2,(H,20,23)(H,21,22). The van der Waals surface area contributed by atoms with Crippen LogP contribution in [0, 0.1) is 11.3 Å². The number of benzene rings is 2. The molecule has 122 valence electrons. The molecule has 0 saturated heterocycles. The molecule has 2 rings (SSSR count). The molecule has 0 fully saturated rings. The van der Waals surface area contributed by atoms with Crippen molar-refractivity contribution in [3.05, 3.63) is 60.2 Å². The molecule has 2 aromatic carbocycles. The zero-order chi connectivity index (χ0) is 17.2. The molecule has 6 nitrogen and oxygen atoms in total. The summed E-state index contributed by atoms with van der Waals surface area (Å²) in [6.45, 7) is 0.160. The number of anilines is 1. The highest BCUT2D eigenvalue weighted by Gasteiger charge is 2.08. The molecule has 0 aromatic heterocycles. The Kier molecular flexibility index (Phi) is 6.35. The molecule has 0 spiro atoms. The number of rotatable bonds is 7. The molecular weight excluding hydrogens is 306 g/mol. The monoisotopic (exact) mass is 323 g/mol. The zero-order valence-corrected chi connectivity index (χ0v) is 13.0. The van der Waals surface area contributed by atoms with Crippen molar-refractivity contribution < 1.29 is 14.3 Å². The van der Waals surface area contributed by atoms with Gasteiger partial charge < -0.3 is 15.4 Å². The molecular formula is C18H17N3O3. The molecule has 0 aliphatic rings. The van der Waals surface area contributed by atoms with E-state index in [-0.39, 0.29) is 31.4 Å². The molecule has 0 aliphatic heterocycles. The molecule has 2 amide bonds. The van der Waals surface area contributed by atoms with E-state index in [2.05, 4.69) is 10.6 Å². The second kappa shape index (κ2) is 8.96. The van der Waals surface area contributed by atoms with Gasteiger partial charge in [-0.25, -0.2) is 0 Å². The SMILES string of the molecule is N#CCC(=O)Nc1ccccc1CNC(=O)COc1ccccc1. The molecule has 0 atom stereocenters. The first kappa shape index (κ1) is 17.0. The van der Waals surface area contributed by atoms with Crippen molar-refractivity contribution in [3.8, 4) is 11.8 Å². The van der Waals surface area contributed by atoms with Crippen LogP contribution in [0.1, 0.15) is 12.0 Å². The van der Waals surface area contributed by atoms with Crippen LogP contribution in [0.2, 0.25) is 0 Å². The van der Waals surface area contributed by atoms with Gasteiger partial charge in [-0.1, -0.05) is 36.4 Å². The Balaban J connectivity index is 1.86. The minimum atomic E-state index is -0.385. The van der Waals surface area contributed by atoms with E-state index in [9.17, 15) is 9.59 Å². The highest BCUT2D eigenvalue weighted by atomic mass is 16.5. The van der Waals surface area contributed by atoms with Crippen molar-refractivity contribution in [2.45, 2.75) is 13.0 Å². The fraction of sp³-hybridized carbons (Fsp3) is 0.167. The minimum Gasteiger partial charge on any atom is -0.484 e. The summed E-state index contributed by atoms with van der Waals surface area (Å²) in [5, 5.41) is 13.9. The summed E-state index contributed by atoms with van der Waals surface area (Å²) in [7, 11) is 0. The number of nitrogens with zero attached hydrogens (tertiary/aromatic N) is 1. The van der Waals surface area contributed by atoms with Crippen molar-refractivity contribution in [2.24, 2.45) is 0 Å². The number of amides is 2. The predicted octanol–water partition coefficient (Wildman–Crippen LogP) is 2.23. The third kappa shape index (κ3) is 5.46. The number of nitrogens with one attached hydrogen (secondary N) is 2. The molecule has 0 heterocycles. The van der Waals surface area contributed by atoms with Crippen molar-refractivity contribution in [3.63, 3.8) is 0 Å². The van der Waals surface area contributed by atoms with Gasteiger partial charge in [-0.05, 0) is 23.8 Å². The number of hydrogen-bond donors (Lipinski definition) is 2. The van der Waals surface area contributed by atoms with E-state index in [4.69, 9.17) is 10.00 Å². The smallest absolute Gasteiger partial charge is 0.258 e. The fourth-order valence-corrected chi connectivity index (χ4v) is 1.97. The summed E-state index contributed by atoms with van der Waals surface area (Å²) >= 11 is 0. The quantitative estimate of drug-likeness (QED) is 0.817. The molecule has 2 aromatic rings. The van der Waals surface area contributed by atoms with Gasteiger partial charge in [0, 0.05) is 12.2 Å². The van der Waals surface area contributed by atoms with E-state index < -0.39 is 0 Å². The first-order chi connectivity index (χ1) is 11.7. The summed E-state index contributed by atoms with van der Waals surface area (Å²) < 4.78 is 5.37. The second-order valence-electron chi connectivity index (χ2n) is 4.92. The van der Waals surface area contributed by atoms with Crippen molar-refractivity contribution in [2.75, 3.05) is 11.9 Å². The topological polar surface area (TPSA) is 91.2 Å². The van der Waals surface area contributed by atoms with E-state index in [1.54, 1.807) is 36.4 Å². The van der Waals surface area contributed by atoms with Crippen LogP contribution in [0.25, 0.3) is 0 Å². The largest absolute Gasteiger partial charge is 0.484 e. The van der Waals surface area contributed by atoms with Gasteiger partial charge in [0.15, 0.2) is 6.61 Å². The molecule has 2 N–H and O–H groups in total.